The fourth-order valence-corrected chi connectivity index (χ4v) is 3.09. The first kappa shape index (κ1) is 11.0. The van der Waals surface area contributed by atoms with Crippen molar-refractivity contribution in [2.45, 2.75) is 38.1 Å². The van der Waals surface area contributed by atoms with E-state index in [1.54, 1.807) is 0 Å². The van der Waals surface area contributed by atoms with Gasteiger partial charge in [0.25, 0.3) is 0 Å². The molecule has 2 rings (SSSR count). The van der Waals surface area contributed by atoms with Gasteiger partial charge in [0.05, 0.1) is 6.20 Å². The Bertz CT molecular complexity index is 292. The van der Waals surface area contributed by atoms with Crippen LogP contribution in [0.3, 0.4) is 0 Å². The fourth-order valence-electron chi connectivity index (χ4n) is 1.85. The number of nitrogens with zero attached hydrogens (tertiary/aromatic N) is 2. The van der Waals surface area contributed by atoms with E-state index >= 15 is 0 Å². The van der Waals surface area contributed by atoms with Crippen molar-refractivity contribution in [2.24, 2.45) is 0 Å². The Kier molecular flexibility index (Phi) is 4.09. The van der Waals surface area contributed by atoms with Crippen molar-refractivity contribution in [3.05, 3.63) is 18.0 Å². The van der Waals surface area contributed by atoms with E-state index in [4.69, 9.17) is 0 Å². The average molecular weight is 225 g/mol. The van der Waals surface area contributed by atoms with Crippen LogP contribution in [0, 0.1) is 0 Å². The first-order chi connectivity index (χ1) is 7.38. The molecule has 0 aliphatic carbocycles. The Hall–Kier alpha value is -0.480. The van der Waals surface area contributed by atoms with E-state index in [9.17, 15) is 0 Å². The molecule has 1 aromatic rings. The highest BCUT2D eigenvalue weighted by Gasteiger charge is 2.14. The molecule has 1 aromatic heterocycles. The van der Waals surface area contributed by atoms with Crippen LogP contribution in [0.15, 0.2) is 12.4 Å². The zero-order chi connectivity index (χ0) is 10.5. The highest BCUT2D eigenvalue weighted by Crippen LogP contribution is 2.25. The molecule has 1 aliphatic heterocycles. The Balaban J connectivity index is 1.68. The summed E-state index contributed by atoms with van der Waals surface area (Å²) in [7, 11) is 0. The molecule has 0 aromatic carbocycles. The van der Waals surface area contributed by atoms with E-state index in [0.717, 1.165) is 24.9 Å². The first-order valence-electron chi connectivity index (χ1n) is 5.72. The number of thioether (sulfide) groups is 1. The van der Waals surface area contributed by atoms with Crippen molar-refractivity contribution in [3.8, 4) is 0 Å². The summed E-state index contributed by atoms with van der Waals surface area (Å²) in [5, 5.41) is 8.60. The molecule has 1 unspecified atom stereocenters. The van der Waals surface area contributed by atoms with Gasteiger partial charge in [0.1, 0.15) is 0 Å². The third-order valence-electron chi connectivity index (χ3n) is 2.74. The van der Waals surface area contributed by atoms with Crippen molar-refractivity contribution in [3.63, 3.8) is 0 Å². The van der Waals surface area contributed by atoms with Gasteiger partial charge in [0, 0.05) is 36.6 Å². The van der Waals surface area contributed by atoms with Crippen molar-refractivity contribution < 1.29 is 0 Å². The molecule has 84 valence electrons. The lowest BCUT2D eigenvalue weighted by atomic mass is 10.2. The predicted octanol–water partition coefficient (Wildman–Crippen LogP) is 1.89. The van der Waals surface area contributed by atoms with Crippen molar-refractivity contribution >= 4 is 11.8 Å². The summed E-state index contributed by atoms with van der Waals surface area (Å²) >= 11 is 2.10. The molecule has 15 heavy (non-hydrogen) atoms. The summed E-state index contributed by atoms with van der Waals surface area (Å²) in [6.07, 6.45) is 6.85. The number of nitrogens with one attached hydrogen (secondary N) is 1. The summed E-state index contributed by atoms with van der Waals surface area (Å²) in [5.74, 6) is 1.35. The molecule has 0 spiro atoms. The molecule has 1 fully saturated rings. The quantitative estimate of drug-likeness (QED) is 0.830. The number of hydrogen-bond acceptors (Lipinski definition) is 3. The largest absolute Gasteiger partial charge is 0.311 e. The van der Waals surface area contributed by atoms with Crippen LogP contribution in [0.5, 0.6) is 0 Å². The van der Waals surface area contributed by atoms with Crippen LogP contribution in [-0.4, -0.2) is 27.3 Å². The molecule has 1 N–H and O–H groups in total. The average Bonchev–Trinajstić information content (AvgIpc) is 2.88. The molecule has 1 saturated heterocycles. The standard InChI is InChI=1S/C11H19N3S/c1-2-14-9-10(7-13-14)6-12-8-11-4-3-5-15-11/h7,9,11-12H,2-6,8H2,1H3. The molecule has 0 radical (unpaired) electrons. The first-order valence-corrected chi connectivity index (χ1v) is 6.77. The Morgan fingerprint density at radius 1 is 1.67 bits per heavy atom. The van der Waals surface area contributed by atoms with E-state index in [1.165, 1.54) is 24.2 Å². The van der Waals surface area contributed by atoms with Crippen LogP contribution >= 0.6 is 11.8 Å². The van der Waals surface area contributed by atoms with E-state index in [1.807, 2.05) is 10.9 Å². The zero-order valence-electron chi connectivity index (χ0n) is 9.28. The molecule has 1 atom stereocenters. The second-order valence-corrected chi connectivity index (χ2v) is 5.38. The monoisotopic (exact) mass is 225 g/mol. The molecular weight excluding hydrogens is 206 g/mol. The van der Waals surface area contributed by atoms with Crippen LogP contribution < -0.4 is 5.32 Å². The Labute approximate surface area is 95.6 Å². The van der Waals surface area contributed by atoms with E-state index in [-0.39, 0.29) is 0 Å². The number of aryl methyl sites for hydroxylation is 1. The van der Waals surface area contributed by atoms with Gasteiger partial charge in [0.15, 0.2) is 0 Å². The lowest BCUT2D eigenvalue weighted by Crippen LogP contribution is -2.22. The number of hydrogen-bond donors (Lipinski definition) is 1. The zero-order valence-corrected chi connectivity index (χ0v) is 10.1. The van der Waals surface area contributed by atoms with Crippen molar-refractivity contribution in [2.75, 3.05) is 12.3 Å². The van der Waals surface area contributed by atoms with Gasteiger partial charge in [-0.1, -0.05) is 0 Å². The third-order valence-corrected chi connectivity index (χ3v) is 4.13. The molecule has 0 amide bonds. The van der Waals surface area contributed by atoms with Crippen LogP contribution in [-0.2, 0) is 13.1 Å². The minimum absolute atomic E-state index is 0.839. The molecular formula is C11H19N3S. The topological polar surface area (TPSA) is 29.9 Å². The summed E-state index contributed by atoms with van der Waals surface area (Å²) in [6, 6.07) is 0. The van der Waals surface area contributed by atoms with Crippen molar-refractivity contribution in [1.82, 2.24) is 15.1 Å². The summed E-state index contributed by atoms with van der Waals surface area (Å²) in [4.78, 5) is 0. The second kappa shape index (κ2) is 5.56. The van der Waals surface area contributed by atoms with Gasteiger partial charge >= 0.3 is 0 Å². The lowest BCUT2D eigenvalue weighted by Gasteiger charge is -2.08. The summed E-state index contributed by atoms with van der Waals surface area (Å²) in [5.41, 5.74) is 1.29. The van der Waals surface area contributed by atoms with Crippen LogP contribution in [0.2, 0.25) is 0 Å². The molecule has 1 aliphatic rings. The SMILES string of the molecule is CCn1cc(CNCC2CCCS2)cn1. The van der Waals surface area contributed by atoms with Gasteiger partial charge in [-0.25, -0.2) is 0 Å². The molecule has 2 heterocycles. The molecule has 0 bridgehead atoms. The Morgan fingerprint density at radius 3 is 3.27 bits per heavy atom. The minimum atomic E-state index is 0.839. The van der Waals surface area contributed by atoms with Crippen LogP contribution in [0.1, 0.15) is 25.3 Å². The highest BCUT2D eigenvalue weighted by molar-refractivity contribution is 8.00. The highest BCUT2D eigenvalue weighted by atomic mass is 32.2. The normalized spacial score (nSPS) is 21.0. The summed E-state index contributed by atoms with van der Waals surface area (Å²) < 4.78 is 1.97. The van der Waals surface area contributed by atoms with Gasteiger partial charge in [0.2, 0.25) is 0 Å². The Morgan fingerprint density at radius 2 is 2.60 bits per heavy atom. The maximum atomic E-state index is 4.26. The van der Waals surface area contributed by atoms with Crippen LogP contribution in [0.25, 0.3) is 0 Å². The molecule has 0 saturated carbocycles. The fraction of sp³-hybridized carbons (Fsp3) is 0.727. The predicted molar refractivity (Wildman–Crippen MR) is 65.1 cm³/mol. The number of rotatable bonds is 5. The molecule has 4 heteroatoms. The van der Waals surface area contributed by atoms with Crippen LogP contribution in [0.4, 0.5) is 0 Å². The maximum Gasteiger partial charge on any atom is 0.0534 e. The van der Waals surface area contributed by atoms with E-state index < -0.39 is 0 Å². The summed E-state index contributed by atoms with van der Waals surface area (Å²) in [6.45, 7) is 5.16. The van der Waals surface area contributed by atoms with Gasteiger partial charge in [-0.15, -0.1) is 0 Å². The van der Waals surface area contributed by atoms with Gasteiger partial charge in [-0.05, 0) is 25.5 Å². The van der Waals surface area contributed by atoms with Crippen molar-refractivity contribution in [1.29, 1.82) is 0 Å². The third kappa shape index (κ3) is 3.24. The lowest BCUT2D eigenvalue weighted by molar-refractivity contribution is 0.641. The van der Waals surface area contributed by atoms with E-state index in [0.29, 0.717) is 0 Å². The second-order valence-electron chi connectivity index (χ2n) is 3.97. The molecule has 3 nitrogen and oxygen atoms in total. The van der Waals surface area contributed by atoms with Gasteiger partial charge in [-0.2, -0.15) is 16.9 Å². The smallest absolute Gasteiger partial charge is 0.0534 e. The van der Waals surface area contributed by atoms with Gasteiger partial charge < -0.3 is 5.32 Å². The number of aromatic nitrogens is 2. The van der Waals surface area contributed by atoms with E-state index in [2.05, 4.69) is 35.3 Å². The maximum absolute atomic E-state index is 4.26. The minimum Gasteiger partial charge on any atom is -0.311 e. The van der Waals surface area contributed by atoms with Gasteiger partial charge in [-0.3, -0.25) is 4.68 Å².